The quantitative estimate of drug-likeness (QED) is 0.710. The molecule has 0 aromatic rings. The van der Waals surface area contributed by atoms with Gasteiger partial charge < -0.3 is 0 Å². The summed E-state index contributed by atoms with van der Waals surface area (Å²) in [6, 6.07) is 0.360. The third kappa shape index (κ3) is 1.54. The number of nitrogens with one attached hydrogen (secondary N) is 1. The van der Waals surface area contributed by atoms with E-state index < -0.39 is 0 Å². The largest absolute Gasteiger partial charge is 0.294 e. The number of hydrogen-bond acceptors (Lipinski definition) is 3. The molecule has 3 atom stereocenters. The number of nitrogens with zero attached hydrogens (tertiary/aromatic N) is 1. The predicted octanol–water partition coefficient (Wildman–Crippen LogP) is 1.16. The van der Waals surface area contributed by atoms with Crippen LogP contribution in [-0.2, 0) is 9.59 Å². The van der Waals surface area contributed by atoms with E-state index in [1.807, 2.05) is 0 Å². The summed E-state index contributed by atoms with van der Waals surface area (Å²) in [5, 5.41) is 2.40. The van der Waals surface area contributed by atoms with Crippen LogP contribution in [0.1, 0.15) is 40.0 Å². The van der Waals surface area contributed by atoms with E-state index in [4.69, 9.17) is 0 Å². The lowest BCUT2D eigenvalue weighted by molar-refractivity contribution is -0.140. The van der Waals surface area contributed by atoms with Crippen molar-refractivity contribution in [3.8, 4) is 0 Å². The summed E-state index contributed by atoms with van der Waals surface area (Å²) in [5.74, 6) is 0.453. The van der Waals surface area contributed by atoms with Crippen LogP contribution in [-0.4, -0.2) is 35.8 Å². The van der Waals surface area contributed by atoms with Crippen LogP contribution in [0, 0.1) is 16.7 Å². The van der Waals surface area contributed by atoms with Crippen molar-refractivity contribution in [1.29, 1.82) is 0 Å². The van der Waals surface area contributed by atoms with Gasteiger partial charge in [-0.05, 0) is 36.0 Å². The molecule has 1 saturated heterocycles. The number of rotatable bonds is 1. The number of imide groups is 1. The van der Waals surface area contributed by atoms with Gasteiger partial charge in [-0.1, -0.05) is 20.8 Å². The van der Waals surface area contributed by atoms with E-state index in [1.54, 1.807) is 0 Å². The van der Waals surface area contributed by atoms with Gasteiger partial charge >= 0.3 is 0 Å². The molecular weight excluding hydrogens is 228 g/mol. The first-order valence-corrected chi connectivity index (χ1v) is 6.90. The Morgan fingerprint density at radius 3 is 2.28 bits per heavy atom. The summed E-state index contributed by atoms with van der Waals surface area (Å²) >= 11 is 0. The van der Waals surface area contributed by atoms with E-state index in [2.05, 4.69) is 31.0 Å². The highest BCUT2D eigenvalue weighted by molar-refractivity contribution is 5.99. The Morgan fingerprint density at radius 2 is 1.78 bits per heavy atom. The molecular formula is C14H22N2O2. The topological polar surface area (TPSA) is 49.4 Å². The minimum atomic E-state index is -0.145. The Hall–Kier alpha value is -0.900. The van der Waals surface area contributed by atoms with Gasteiger partial charge in [-0.3, -0.25) is 19.8 Å². The van der Waals surface area contributed by atoms with Crippen molar-refractivity contribution in [1.82, 2.24) is 10.2 Å². The maximum atomic E-state index is 11.6. The average Bonchev–Trinajstić information content (AvgIpc) is 2.66. The van der Waals surface area contributed by atoms with Crippen molar-refractivity contribution in [2.45, 2.75) is 46.1 Å². The van der Waals surface area contributed by atoms with E-state index in [-0.39, 0.29) is 22.6 Å². The van der Waals surface area contributed by atoms with E-state index >= 15 is 0 Å². The van der Waals surface area contributed by atoms with Crippen LogP contribution in [0.5, 0.6) is 0 Å². The van der Waals surface area contributed by atoms with Crippen molar-refractivity contribution in [3.05, 3.63) is 0 Å². The Bertz CT molecular complexity index is 397. The highest BCUT2D eigenvalue weighted by Crippen LogP contribution is 2.64. The Labute approximate surface area is 108 Å². The van der Waals surface area contributed by atoms with Crippen molar-refractivity contribution >= 4 is 11.8 Å². The molecule has 3 fully saturated rings. The molecule has 1 N–H and O–H groups in total. The van der Waals surface area contributed by atoms with Gasteiger partial charge in [0.05, 0.1) is 13.1 Å². The molecule has 0 spiro atoms. The lowest BCUT2D eigenvalue weighted by Gasteiger charge is -2.49. The van der Waals surface area contributed by atoms with Crippen molar-refractivity contribution < 1.29 is 9.59 Å². The Balaban J connectivity index is 1.91. The minimum Gasteiger partial charge on any atom is -0.294 e. The lowest BCUT2D eigenvalue weighted by atomic mass is 9.67. The number of hydrogen-bond donors (Lipinski definition) is 1. The summed E-state index contributed by atoms with van der Waals surface area (Å²) in [4.78, 5) is 25.3. The van der Waals surface area contributed by atoms with Crippen LogP contribution in [0.3, 0.4) is 0 Å². The van der Waals surface area contributed by atoms with Crippen molar-refractivity contribution in [3.63, 3.8) is 0 Å². The summed E-state index contributed by atoms with van der Waals surface area (Å²) in [7, 11) is 0. The highest BCUT2D eigenvalue weighted by Gasteiger charge is 2.61. The van der Waals surface area contributed by atoms with Gasteiger partial charge in [0, 0.05) is 6.04 Å². The maximum Gasteiger partial charge on any atom is 0.240 e. The van der Waals surface area contributed by atoms with Gasteiger partial charge in [0.15, 0.2) is 0 Å². The molecule has 3 rings (SSSR count). The molecule has 2 saturated carbocycles. The zero-order chi connectivity index (χ0) is 13.1. The second-order valence-corrected chi connectivity index (χ2v) is 7.19. The van der Waals surface area contributed by atoms with E-state index in [9.17, 15) is 9.59 Å². The molecule has 2 amide bonds. The second kappa shape index (κ2) is 3.56. The summed E-state index contributed by atoms with van der Waals surface area (Å²) in [6.07, 6.45) is 3.78. The third-order valence-corrected chi connectivity index (χ3v) is 5.53. The first-order valence-electron chi connectivity index (χ1n) is 6.90. The van der Waals surface area contributed by atoms with Gasteiger partial charge in [0.1, 0.15) is 0 Å². The van der Waals surface area contributed by atoms with Gasteiger partial charge in [-0.2, -0.15) is 0 Å². The minimum absolute atomic E-state index is 0.145. The molecule has 2 aliphatic carbocycles. The maximum absolute atomic E-state index is 11.6. The van der Waals surface area contributed by atoms with Gasteiger partial charge in [-0.25, -0.2) is 0 Å². The molecule has 100 valence electrons. The number of fused-ring (bicyclic) bond motifs is 2. The molecule has 4 heteroatoms. The van der Waals surface area contributed by atoms with Crippen LogP contribution < -0.4 is 5.32 Å². The molecule has 0 aromatic heterocycles. The molecule has 0 aromatic carbocycles. The fourth-order valence-corrected chi connectivity index (χ4v) is 5.03. The van der Waals surface area contributed by atoms with Gasteiger partial charge in [0.2, 0.25) is 11.8 Å². The number of piperazine rings is 1. The van der Waals surface area contributed by atoms with E-state index in [0.29, 0.717) is 19.1 Å². The molecule has 3 aliphatic rings. The molecule has 1 aliphatic heterocycles. The zero-order valence-electron chi connectivity index (χ0n) is 11.5. The summed E-state index contributed by atoms with van der Waals surface area (Å²) < 4.78 is 0. The molecule has 4 nitrogen and oxygen atoms in total. The van der Waals surface area contributed by atoms with Crippen LogP contribution in [0.2, 0.25) is 0 Å². The van der Waals surface area contributed by atoms with Gasteiger partial charge in [-0.15, -0.1) is 0 Å². The Kier molecular flexibility index (Phi) is 2.40. The smallest absolute Gasteiger partial charge is 0.240 e. The van der Waals surface area contributed by atoms with E-state index in [0.717, 1.165) is 5.92 Å². The first-order chi connectivity index (χ1) is 8.33. The summed E-state index contributed by atoms with van der Waals surface area (Å²) in [5.41, 5.74) is 0.497. The van der Waals surface area contributed by atoms with Crippen LogP contribution in [0.15, 0.2) is 0 Å². The Morgan fingerprint density at radius 1 is 1.17 bits per heavy atom. The molecule has 1 heterocycles. The van der Waals surface area contributed by atoms with E-state index in [1.165, 1.54) is 19.3 Å². The fourth-order valence-electron chi connectivity index (χ4n) is 5.03. The number of amides is 2. The molecule has 3 unspecified atom stereocenters. The van der Waals surface area contributed by atoms with Crippen LogP contribution in [0.25, 0.3) is 0 Å². The first kappa shape index (κ1) is 12.2. The second-order valence-electron chi connectivity index (χ2n) is 7.19. The normalized spacial score (nSPS) is 43.3. The number of carbonyl (C=O) groups excluding carboxylic acids is 2. The number of carbonyl (C=O) groups is 2. The standard InChI is InChI=1S/C14H22N2O2/c1-13(2)9-4-5-14(3,6-9)12(13)16-7-10(17)15-11(18)8-16/h9,12H,4-8H2,1-3H3,(H,15,17,18). The highest BCUT2D eigenvalue weighted by atomic mass is 16.2. The monoisotopic (exact) mass is 250 g/mol. The van der Waals surface area contributed by atoms with Crippen molar-refractivity contribution in [2.24, 2.45) is 16.7 Å². The zero-order valence-corrected chi connectivity index (χ0v) is 11.5. The lowest BCUT2D eigenvalue weighted by Crippen LogP contribution is -2.61. The van der Waals surface area contributed by atoms with Crippen molar-refractivity contribution in [2.75, 3.05) is 13.1 Å². The molecule has 18 heavy (non-hydrogen) atoms. The fraction of sp³-hybridized carbons (Fsp3) is 0.857. The SMILES string of the molecule is CC12CCC(C1)C(C)(C)C2N1CC(=O)NC(=O)C1. The molecule has 2 bridgehead atoms. The third-order valence-electron chi connectivity index (χ3n) is 5.53. The van der Waals surface area contributed by atoms with Gasteiger partial charge in [0.25, 0.3) is 0 Å². The average molecular weight is 250 g/mol. The van der Waals surface area contributed by atoms with Crippen LogP contribution >= 0.6 is 0 Å². The summed E-state index contributed by atoms with van der Waals surface area (Å²) in [6.45, 7) is 7.71. The van der Waals surface area contributed by atoms with Crippen LogP contribution in [0.4, 0.5) is 0 Å². The predicted molar refractivity (Wildman–Crippen MR) is 67.7 cm³/mol. The molecule has 0 radical (unpaired) electrons.